The van der Waals surface area contributed by atoms with E-state index in [1.165, 1.54) is 31.4 Å². The lowest BCUT2D eigenvalue weighted by molar-refractivity contribution is 0.343. The lowest BCUT2D eigenvalue weighted by atomic mass is 9.93. The van der Waals surface area contributed by atoms with Crippen LogP contribution in [0.25, 0.3) is 0 Å². The van der Waals surface area contributed by atoms with Gasteiger partial charge in [-0.1, -0.05) is 20.3 Å². The normalized spacial score (nSPS) is 24.8. The van der Waals surface area contributed by atoms with Crippen molar-refractivity contribution in [2.45, 2.75) is 58.9 Å². The zero-order chi connectivity index (χ0) is 13.8. The molecule has 1 aliphatic rings. The fourth-order valence-corrected chi connectivity index (χ4v) is 3.43. The van der Waals surface area contributed by atoms with E-state index in [0.29, 0.717) is 6.04 Å². The van der Waals surface area contributed by atoms with Gasteiger partial charge in [0.2, 0.25) is 0 Å². The molecule has 3 heteroatoms. The lowest BCUT2D eigenvalue weighted by Crippen LogP contribution is -2.38. The third-order valence-electron chi connectivity index (χ3n) is 4.49. The van der Waals surface area contributed by atoms with E-state index in [-0.39, 0.29) is 0 Å². The Labute approximate surface area is 117 Å². The molecule has 0 bridgehead atoms. The number of aromatic nitrogens is 2. The molecule has 1 heterocycles. The highest BCUT2D eigenvalue weighted by molar-refractivity contribution is 5.10. The van der Waals surface area contributed by atoms with E-state index in [9.17, 15) is 0 Å². The number of aryl methyl sites for hydroxylation is 2. The van der Waals surface area contributed by atoms with Crippen LogP contribution in [0.15, 0.2) is 6.07 Å². The number of nitrogens with one attached hydrogen (secondary N) is 1. The van der Waals surface area contributed by atoms with Gasteiger partial charge >= 0.3 is 0 Å². The Morgan fingerprint density at radius 3 is 2.79 bits per heavy atom. The Hall–Kier alpha value is -0.830. The van der Waals surface area contributed by atoms with Gasteiger partial charge in [0, 0.05) is 25.2 Å². The fourth-order valence-electron chi connectivity index (χ4n) is 3.43. The summed E-state index contributed by atoms with van der Waals surface area (Å²) in [5.41, 5.74) is 2.50. The molecule has 2 rings (SSSR count). The smallest absolute Gasteiger partial charge is 0.0596 e. The number of rotatable bonds is 6. The zero-order valence-corrected chi connectivity index (χ0v) is 12.9. The molecule has 0 amide bonds. The molecule has 0 radical (unpaired) electrons. The van der Waals surface area contributed by atoms with Gasteiger partial charge in [0.1, 0.15) is 0 Å². The van der Waals surface area contributed by atoms with Crippen molar-refractivity contribution in [3.05, 3.63) is 17.5 Å². The second-order valence-corrected chi connectivity index (χ2v) is 6.34. The quantitative estimate of drug-likeness (QED) is 0.855. The summed E-state index contributed by atoms with van der Waals surface area (Å²) in [6.07, 6.45) is 6.51. The molecule has 0 aromatic carbocycles. The maximum absolute atomic E-state index is 4.47. The summed E-state index contributed by atoms with van der Waals surface area (Å²) < 4.78 is 2.05. The van der Waals surface area contributed by atoms with Crippen LogP contribution in [-0.4, -0.2) is 22.4 Å². The van der Waals surface area contributed by atoms with Crippen molar-refractivity contribution >= 4 is 0 Å². The van der Waals surface area contributed by atoms with Gasteiger partial charge in [0.25, 0.3) is 0 Å². The highest BCUT2D eigenvalue weighted by Crippen LogP contribution is 2.33. The largest absolute Gasteiger partial charge is 0.313 e. The maximum atomic E-state index is 4.47. The molecule has 0 saturated heterocycles. The van der Waals surface area contributed by atoms with Gasteiger partial charge in [-0.3, -0.25) is 4.68 Å². The second-order valence-electron chi connectivity index (χ2n) is 6.34. The molecule has 0 aliphatic heterocycles. The zero-order valence-electron chi connectivity index (χ0n) is 12.9. The summed E-state index contributed by atoms with van der Waals surface area (Å²) in [4.78, 5) is 0. The van der Waals surface area contributed by atoms with Crippen LogP contribution in [0.2, 0.25) is 0 Å². The van der Waals surface area contributed by atoms with Crippen LogP contribution in [0.3, 0.4) is 0 Å². The standard InChI is InChI=1S/C16H29N3/c1-5-8-17-16(14-7-6-12(2)9-14)11-15-10-13(3)18-19(15)4/h10,12,14,16-17H,5-9,11H2,1-4H3. The molecule has 3 atom stereocenters. The first-order chi connectivity index (χ1) is 9.10. The van der Waals surface area contributed by atoms with E-state index in [0.717, 1.165) is 30.5 Å². The first-order valence-electron chi connectivity index (χ1n) is 7.83. The summed E-state index contributed by atoms with van der Waals surface area (Å²) in [5.74, 6) is 1.75. The molecule has 1 aliphatic carbocycles. The first-order valence-corrected chi connectivity index (χ1v) is 7.83. The van der Waals surface area contributed by atoms with Gasteiger partial charge in [-0.05, 0) is 50.6 Å². The van der Waals surface area contributed by atoms with E-state index in [1.54, 1.807) is 0 Å². The minimum Gasteiger partial charge on any atom is -0.313 e. The molecule has 1 aromatic heterocycles. The monoisotopic (exact) mass is 263 g/mol. The van der Waals surface area contributed by atoms with Gasteiger partial charge in [-0.15, -0.1) is 0 Å². The van der Waals surface area contributed by atoms with Crippen LogP contribution in [-0.2, 0) is 13.5 Å². The van der Waals surface area contributed by atoms with Crippen molar-refractivity contribution in [2.24, 2.45) is 18.9 Å². The molecular weight excluding hydrogens is 234 g/mol. The fraction of sp³-hybridized carbons (Fsp3) is 0.812. The Balaban J connectivity index is 2.02. The van der Waals surface area contributed by atoms with Crippen molar-refractivity contribution in [1.82, 2.24) is 15.1 Å². The van der Waals surface area contributed by atoms with Gasteiger partial charge in [-0.2, -0.15) is 5.10 Å². The van der Waals surface area contributed by atoms with Crippen molar-refractivity contribution < 1.29 is 0 Å². The Kier molecular flexibility index (Phi) is 5.03. The van der Waals surface area contributed by atoms with Crippen LogP contribution >= 0.6 is 0 Å². The number of hydrogen-bond acceptors (Lipinski definition) is 2. The van der Waals surface area contributed by atoms with Crippen LogP contribution < -0.4 is 5.32 Å². The molecular formula is C16H29N3. The lowest BCUT2D eigenvalue weighted by Gasteiger charge is -2.25. The van der Waals surface area contributed by atoms with Crippen LogP contribution in [0.5, 0.6) is 0 Å². The third-order valence-corrected chi connectivity index (χ3v) is 4.49. The highest BCUT2D eigenvalue weighted by atomic mass is 15.3. The van der Waals surface area contributed by atoms with E-state index in [2.05, 4.69) is 44.3 Å². The maximum Gasteiger partial charge on any atom is 0.0596 e. The minimum atomic E-state index is 0.625. The SMILES string of the molecule is CCCNC(Cc1cc(C)nn1C)C1CCC(C)C1. The van der Waals surface area contributed by atoms with Gasteiger partial charge < -0.3 is 5.32 Å². The minimum absolute atomic E-state index is 0.625. The predicted octanol–water partition coefficient (Wildman–Crippen LogP) is 3.08. The third kappa shape index (κ3) is 3.82. The molecule has 1 saturated carbocycles. The molecule has 108 valence electrons. The van der Waals surface area contributed by atoms with Crippen LogP contribution in [0, 0.1) is 18.8 Å². The second kappa shape index (κ2) is 6.56. The summed E-state index contributed by atoms with van der Waals surface area (Å²) in [6.45, 7) is 7.85. The van der Waals surface area contributed by atoms with Crippen molar-refractivity contribution in [3.8, 4) is 0 Å². The average Bonchev–Trinajstić information content (AvgIpc) is 2.91. The van der Waals surface area contributed by atoms with E-state index in [4.69, 9.17) is 0 Å². The summed E-state index contributed by atoms with van der Waals surface area (Å²) in [7, 11) is 2.07. The van der Waals surface area contributed by atoms with E-state index < -0.39 is 0 Å². The van der Waals surface area contributed by atoms with Gasteiger partial charge in [0.05, 0.1) is 5.69 Å². The average molecular weight is 263 g/mol. The summed E-state index contributed by atoms with van der Waals surface area (Å²) in [6, 6.07) is 2.86. The topological polar surface area (TPSA) is 29.9 Å². The van der Waals surface area contributed by atoms with Crippen LogP contribution in [0.4, 0.5) is 0 Å². The summed E-state index contributed by atoms with van der Waals surface area (Å²) >= 11 is 0. The van der Waals surface area contributed by atoms with Gasteiger partial charge in [-0.25, -0.2) is 0 Å². The van der Waals surface area contributed by atoms with E-state index in [1.807, 2.05) is 4.68 Å². The predicted molar refractivity (Wildman–Crippen MR) is 80.2 cm³/mol. The van der Waals surface area contributed by atoms with Crippen molar-refractivity contribution in [3.63, 3.8) is 0 Å². The molecule has 1 aromatic rings. The first kappa shape index (κ1) is 14.6. The molecule has 3 nitrogen and oxygen atoms in total. The van der Waals surface area contributed by atoms with E-state index >= 15 is 0 Å². The molecule has 1 N–H and O–H groups in total. The highest BCUT2D eigenvalue weighted by Gasteiger charge is 2.29. The Morgan fingerprint density at radius 2 is 2.26 bits per heavy atom. The molecule has 1 fully saturated rings. The number of hydrogen-bond donors (Lipinski definition) is 1. The Bertz CT molecular complexity index is 397. The summed E-state index contributed by atoms with van der Waals surface area (Å²) in [5, 5.41) is 8.25. The molecule has 19 heavy (non-hydrogen) atoms. The van der Waals surface area contributed by atoms with Gasteiger partial charge in [0.15, 0.2) is 0 Å². The van der Waals surface area contributed by atoms with Crippen LogP contribution in [0.1, 0.15) is 50.9 Å². The molecule has 0 spiro atoms. The number of nitrogens with zero attached hydrogens (tertiary/aromatic N) is 2. The van der Waals surface area contributed by atoms with Crippen molar-refractivity contribution in [2.75, 3.05) is 6.54 Å². The molecule has 3 unspecified atom stereocenters. The Morgan fingerprint density at radius 1 is 1.47 bits per heavy atom. The van der Waals surface area contributed by atoms with Crippen molar-refractivity contribution in [1.29, 1.82) is 0 Å².